The Morgan fingerprint density at radius 2 is 2.06 bits per heavy atom. The number of nitrogens with one attached hydrogen (secondary N) is 1. The van der Waals surface area contributed by atoms with E-state index in [1.54, 1.807) is 0 Å². The Balaban J connectivity index is 2.27. The molecule has 0 saturated carbocycles. The van der Waals surface area contributed by atoms with Crippen LogP contribution >= 0.6 is 11.3 Å². The van der Waals surface area contributed by atoms with E-state index in [9.17, 15) is 0 Å². The summed E-state index contributed by atoms with van der Waals surface area (Å²) >= 11 is 1.83. The van der Waals surface area contributed by atoms with Crippen LogP contribution in [0.3, 0.4) is 0 Å². The second-order valence-corrected chi connectivity index (χ2v) is 6.95. The summed E-state index contributed by atoms with van der Waals surface area (Å²) in [5, 5.41) is 4.66. The van der Waals surface area contributed by atoms with Gasteiger partial charge in [0.2, 0.25) is 0 Å². The van der Waals surface area contributed by atoms with E-state index >= 15 is 0 Å². The highest BCUT2D eigenvalue weighted by atomic mass is 32.1. The lowest BCUT2D eigenvalue weighted by atomic mass is 9.92. The van der Waals surface area contributed by atoms with Gasteiger partial charge >= 0.3 is 0 Å². The SMILES string of the molecule is CC(C)c1cnc(CNCCC(C)(C)C)s1. The smallest absolute Gasteiger partial charge is 0.107 e. The first-order valence-electron chi connectivity index (χ1n) is 6.04. The van der Waals surface area contributed by atoms with Gasteiger partial charge in [-0.05, 0) is 24.3 Å². The average molecular weight is 240 g/mol. The Labute approximate surface area is 103 Å². The molecule has 0 aliphatic heterocycles. The van der Waals surface area contributed by atoms with Crippen LogP contribution in [-0.4, -0.2) is 11.5 Å². The molecule has 0 aliphatic carbocycles. The third kappa shape index (κ3) is 5.08. The average Bonchev–Trinajstić information content (AvgIpc) is 2.59. The lowest BCUT2D eigenvalue weighted by Crippen LogP contribution is -2.20. The van der Waals surface area contributed by atoms with E-state index in [0.29, 0.717) is 11.3 Å². The number of thiazole rings is 1. The molecule has 3 heteroatoms. The molecule has 0 bridgehead atoms. The van der Waals surface area contributed by atoms with Crippen molar-refractivity contribution in [1.82, 2.24) is 10.3 Å². The van der Waals surface area contributed by atoms with Crippen LogP contribution in [0.5, 0.6) is 0 Å². The summed E-state index contributed by atoms with van der Waals surface area (Å²) in [7, 11) is 0. The van der Waals surface area contributed by atoms with Crippen molar-refractivity contribution < 1.29 is 0 Å². The number of hydrogen-bond acceptors (Lipinski definition) is 3. The summed E-state index contributed by atoms with van der Waals surface area (Å²) in [5.41, 5.74) is 0.416. The molecule has 92 valence electrons. The topological polar surface area (TPSA) is 24.9 Å². The van der Waals surface area contributed by atoms with Gasteiger partial charge in [0.25, 0.3) is 0 Å². The summed E-state index contributed by atoms with van der Waals surface area (Å²) in [6.07, 6.45) is 3.21. The van der Waals surface area contributed by atoms with Gasteiger partial charge in [-0.15, -0.1) is 11.3 Å². The van der Waals surface area contributed by atoms with Crippen molar-refractivity contribution in [3.63, 3.8) is 0 Å². The molecule has 1 aromatic heterocycles. The maximum absolute atomic E-state index is 4.43. The normalized spacial score (nSPS) is 12.4. The van der Waals surface area contributed by atoms with E-state index in [-0.39, 0.29) is 0 Å². The van der Waals surface area contributed by atoms with Crippen LogP contribution < -0.4 is 5.32 Å². The standard InChI is InChI=1S/C13H24N2S/c1-10(2)11-8-15-12(16-11)9-14-7-6-13(3,4)5/h8,10,14H,6-7,9H2,1-5H3. The summed E-state index contributed by atoms with van der Waals surface area (Å²) in [6.45, 7) is 13.2. The van der Waals surface area contributed by atoms with Crippen LogP contribution in [0.1, 0.15) is 56.8 Å². The van der Waals surface area contributed by atoms with Gasteiger partial charge in [0.05, 0.1) is 0 Å². The quantitative estimate of drug-likeness (QED) is 0.792. The van der Waals surface area contributed by atoms with Crippen molar-refractivity contribution in [3.05, 3.63) is 16.1 Å². The van der Waals surface area contributed by atoms with Crippen LogP contribution in [0.15, 0.2) is 6.20 Å². The van der Waals surface area contributed by atoms with Gasteiger partial charge in [0.15, 0.2) is 0 Å². The Hall–Kier alpha value is -0.410. The van der Waals surface area contributed by atoms with Crippen molar-refractivity contribution in [3.8, 4) is 0 Å². The molecule has 0 aromatic carbocycles. The third-order valence-electron chi connectivity index (χ3n) is 2.47. The van der Waals surface area contributed by atoms with Gasteiger partial charge in [0.1, 0.15) is 5.01 Å². The van der Waals surface area contributed by atoms with Crippen molar-refractivity contribution in [2.75, 3.05) is 6.54 Å². The highest BCUT2D eigenvalue weighted by Gasteiger charge is 2.09. The van der Waals surface area contributed by atoms with E-state index in [2.05, 4.69) is 44.9 Å². The lowest BCUT2D eigenvalue weighted by molar-refractivity contribution is 0.366. The molecule has 0 aliphatic rings. The summed E-state index contributed by atoms with van der Waals surface area (Å²) in [5.74, 6) is 0.598. The zero-order valence-electron chi connectivity index (χ0n) is 11.1. The molecule has 1 aromatic rings. The van der Waals surface area contributed by atoms with E-state index in [0.717, 1.165) is 13.1 Å². The Morgan fingerprint density at radius 1 is 1.38 bits per heavy atom. The first kappa shape index (κ1) is 13.7. The molecule has 1 rings (SSSR count). The molecule has 0 saturated heterocycles. The molecule has 2 nitrogen and oxygen atoms in total. The molecule has 0 fully saturated rings. The minimum atomic E-state index is 0.416. The van der Waals surface area contributed by atoms with Crippen LogP contribution in [0, 0.1) is 5.41 Å². The van der Waals surface area contributed by atoms with Gasteiger partial charge in [0, 0.05) is 17.6 Å². The first-order valence-corrected chi connectivity index (χ1v) is 6.85. The molecule has 16 heavy (non-hydrogen) atoms. The van der Waals surface area contributed by atoms with Crippen LogP contribution in [0.4, 0.5) is 0 Å². The number of rotatable bonds is 5. The molecule has 1 heterocycles. The van der Waals surface area contributed by atoms with Gasteiger partial charge in [-0.1, -0.05) is 34.6 Å². The van der Waals surface area contributed by atoms with Gasteiger partial charge in [-0.3, -0.25) is 0 Å². The van der Waals surface area contributed by atoms with Crippen molar-refractivity contribution >= 4 is 11.3 Å². The zero-order valence-corrected chi connectivity index (χ0v) is 11.9. The van der Waals surface area contributed by atoms with E-state index in [1.807, 2.05) is 17.5 Å². The van der Waals surface area contributed by atoms with Gasteiger partial charge < -0.3 is 5.32 Å². The van der Waals surface area contributed by atoms with Gasteiger partial charge in [-0.25, -0.2) is 4.98 Å². The number of nitrogens with zero attached hydrogens (tertiary/aromatic N) is 1. The molecule has 0 spiro atoms. The highest BCUT2D eigenvalue weighted by Crippen LogP contribution is 2.22. The van der Waals surface area contributed by atoms with Crippen molar-refractivity contribution in [2.24, 2.45) is 5.41 Å². The second-order valence-electron chi connectivity index (χ2n) is 5.80. The summed E-state index contributed by atoms with van der Waals surface area (Å²) in [6, 6.07) is 0. The Bertz CT molecular complexity index is 310. The Morgan fingerprint density at radius 3 is 2.56 bits per heavy atom. The zero-order chi connectivity index (χ0) is 12.2. The summed E-state index contributed by atoms with van der Waals surface area (Å²) < 4.78 is 0. The maximum Gasteiger partial charge on any atom is 0.107 e. The monoisotopic (exact) mass is 240 g/mol. The van der Waals surface area contributed by atoms with Crippen molar-refractivity contribution in [2.45, 2.75) is 53.5 Å². The molecule has 0 amide bonds. The van der Waals surface area contributed by atoms with Crippen LogP contribution in [-0.2, 0) is 6.54 Å². The minimum Gasteiger partial charge on any atom is -0.310 e. The number of hydrogen-bond donors (Lipinski definition) is 1. The Kier molecular flexibility index (Phi) is 4.93. The molecule has 0 unspecified atom stereocenters. The molecule has 0 radical (unpaired) electrons. The largest absolute Gasteiger partial charge is 0.310 e. The fourth-order valence-electron chi connectivity index (χ4n) is 1.33. The lowest BCUT2D eigenvalue weighted by Gasteiger charge is -2.17. The van der Waals surface area contributed by atoms with E-state index < -0.39 is 0 Å². The first-order chi connectivity index (χ1) is 7.38. The maximum atomic E-state index is 4.43. The second kappa shape index (κ2) is 5.78. The molecular formula is C13H24N2S. The van der Waals surface area contributed by atoms with E-state index in [1.165, 1.54) is 16.3 Å². The predicted molar refractivity (Wildman–Crippen MR) is 72.0 cm³/mol. The van der Waals surface area contributed by atoms with Crippen molar-refractivity contribution in [1.29, 1.82) is 0 Å². The third-order valence-corrected chi connectivity index (χ3v) is 3.77. The predicted octanol–water partition coefficient (Wildman–Crippen LogP) is 3.79. The fourth-order valence-corrected chi connectivity index (χ4v) is 2.22. The number of aromatic nitrogens is 1. The van der Waals surface area contributed by atoms with Gasteiger partial charge in [-0.2, -0.15) is 0 Å². The summed E-state index contributed by atoms with van der Waals surface area (Å²) in [4.78, 5) is 5.81. The van der Waals surface area contributed by atoms with E-state index in [4.69, 9.17) is 0 Å². The van der Waals surface area contributed by atoms with Crippen LogP contribution in [0.25, 0.3) is 0 Å². The highest BCUT2D eigenvalue weighted by molar-refractivity contribution is 7.11. The minimum absolute atomic E-state index is 0.416. The fraction of sp³-hybridized carbons (Fsp3) is 0.769. The molecular weight excluding hydrogens is 216 g/mol. The molecule has 0 atom stereocenters. The van der Waals surface area contributed by atoms with Crippen LogP contribution in [0.2, 0.25) is 0 Å². The molecule has 1 N–H and O–H groups in total.